The molecule has 1 saturated heterocycles. The van der Waals surface area contributed by atoms with Gasteiger partial charge >= 0.3 is 0 Å². The summed E-state index contributed by atoms with van der Waals surface area (Å²) < 4.78 is 20.0. The van der Waals surface area contributed by atoms with E-state index in [0.717, 1.165) is 44.0 Å². The van der Waals surface area contributed by atoms with Gasteiger partial charge in [0.05, 0.1) is 5.69 Å². The molecule has 0 unspecified atom stereocenters. The van der Waals surface area contributed by atoms with Crippen molar-refractivity contribution < 1.29 is 9.13 Å². The lowest BCUT2D eigenvalue weighted by Gasteiger charge is -2.32. The summed E-state index contributed by atoms with van der Waals surface area (Å²) in [7, 11) is 2.16. The molecule has 0 amide bonds. The van der Waals surface area contributed by atoms with Crippen molar-refractivity contribution in [1.29, 1.82) is 0 Å². The first kappa shape index (κ1) is 17.4. The van der Waals surface area contributed by atoms with E-state index in [1.165, 1.54) is 11.6 Å². The first-order valence-electron chi connectivity index (χ1n) is 9.18. The van der Waals surface area contributed by atoms with Crippen molar-refractivity contribution in [3.8, 4) is 17.0 Å². The third kappa shape index (κ3) is 3.45. The van der Waals surface area contributed by atoms with Crippen molar-refractivity contribution in [3.05, 3.63) is 47.4 Å². The number of hydrogen-bond acceptors (Lipinski definition) is 5. The van der Waals surface area contributed by atoms with Gasteiger partial charge in [0.15, 0.2) is 0 Å². The Morgan fingerprint density at radius 2 is 2.00 bits per heavy atom. The Balaban J connectivity index is 1.52. The monoisotopic (exact) mass is 356 g/mol. The zero-order valence-electron chi connectivity index (χ0n) is 15.1. The molecule has 2 N–H and O–H groups in total. The van der Waals surface area contributed by atoms with Gasteiger partial charge in [-0.25, -0.2) is 4.39 Å². The molecule has 1 aromatic carbocycles. The minimum Gasteiger partial charge on any atom is -0.488 e. The Morgan fingerprint density at radius 1 is 1.19 bits per heavy atom. The number of likely N-dealkylation sites (N-methyl/N-ethyl adjacent to an activating group) is 1. The molecule has 0 saturated carbocycles. The van der Waals surface area contributed by atoms with Crippen LogP contribution in [0.5, 0.6) is 5.75 Å². The molecular weight excluding hydrogens is 331 g/mol. The SMILES string of the molecule is CN1CCN(Cc2ccc(-c3ccc(F)c4c3O[C@@H](CN)C4)nc2)CC1. The summed E-state index contributed by atoms with van der Waals surface area (Å²) in [5.74, 6) is 0.367. The molecular formula is C20H25FN4O. The number of fused-ring (bicyclic) bond motifs is 1. The Bertz CT molecular complexity index is 772. The van der Waals surface area contributed by atoms with Crippen LogP contribution >= 0.6 is 0 Å². The van der Waals surface area contributed by atoms with E-state index in [1.54, 1.807) is 6.07 Å². The van der Waals surface area contributed by atoms with Gasteiger partial charge in [0.1, 0.15) is 17.7 Å². The van der Waals surface area contributed by atoms with Crippen molar-refractivity contribution in [2.75, 3.05) is 39.8 Å². The summed E-state index contributed by atoms with van der Waals surface area (Å²) in [4.78, 5) is 9.41. The highest BCUT2D eigenvalue weighted by Gasteiger charge is 2.28. The van der Waals surface area contributed by atoms with Gasteiger partial charge in [0.2, 0.25) is 0 Å². The molecule has 0 radical (unpaired) electrons. The first-order valence-corrected chi connectivity index (χ1v) is 9.18. The largest absolute Gasteiger partial charge is 0.488 e. The number of hydrogen-bond donors (Lipinski definition) is 1. The lowest BCUT2D eigenvalue weighted by molar-refractivity contribution is 0.148. The van der Waals surface area contributed by atoms with Crippen LogP contribution in [0.4, 0.5) is 4.39 Å². The number of piperazine rings is 1. The van der Waals surface area contributed by atoms with E-state index in [0.29, 0.717) is 24.3 Å². The normalized spacial score (nSPS) is 20.8. The molecule has 6 heteroatoms. The molecule has 0 spiro atoms. The number of pyridine rings is 1. The van der Waals surface area contributed by atoms with E-state index in [1.807, 2.05) is 12.3 Å². The van der Waals surface area contributed by atoms with Crippen molar-refractivity contribution in [2.45, 2.75) is 19.1 Å². The Labute approximate surface area is 153 Å². The zero-order valence-corrected chi connectivity index (χ0v) is 15.1. The number of aromatic nitrogens is 1. The predicted octanol–water partition coefficient (Wildman–Crippen LogP) is 1.90. The summed E-state index contributed by atoms with van der Waals surface area (Å²) in [5.41, 5.74) is 9.15. The fourth-order valence-corrected chi connectivity index (χ4v) is 3.64. The first-order chi connectivity index (χ1) is 12.6. The smallest absolute Gasteiger partial charge is 0.135 e. The molecule has 2 aliphatic rings. The van der Waals surface area contributed by atoms with Crippen molar-refractivity contribution >= 4 is 0 Å². The number of halogens is 1. The van der Waals surface area contributed by atoms with Crippen molar-refractivity contribution in [1.82, 2.24) is 14.8 Å². The minimum atomic E-state index is -0.230. The number of benzene rings is 1. The second-order valence-corrected chi connectivity index (χ2v) is 7.21. The summed E-state index contributed by atoms with van der Waals surface area (Å²) in [6.45, 7) is 5.66. The third-order valence-electron chi connectivity index (χ3n) is 5.29. The maximum atomic E-state index is 14.1. The van der Waals surface area contributed by atoms with Crippen molar-refractivity contribution in [3.63, 3.8) is 0 Å². The van der Waals surface area contributed by atoms with Gasteiger partial charge in [0, 0.05) is 63.0 Å². The van der Waals surface area contributed by atoms with Crippen LogP contribution < -0.4 is 10.5 Å². The topological polar surface area (TPSA) is 54.6 Å². The quantitative estimate of drug-likeness (QED) is 0.907. The lowest BCUT2D eigenvalue weighted by atomic mass is 10.0. The van der Waals surface area contributed by atoms with E-state index in [9.17, 15) is 4.39 Å². The van der Waals surface area contributed by atoms with Gasteiger partial charge in [0.25, 0.3) is 0 Å². The molecule has 0 bridgehead atoms. The van der Waals surface area contributed by atoms with E-state index in [4.69, 9.17) is 10.5 Å². The molecule has 1 atom stereocenters. The number of ether oxygens (including phenoxy) is 1. The van der Waals surface area contributed by atoms with Crippen LogP contribution in [-0.4, -0.2) is 60.7 Å². The molecule has 3 heterocycles. The van der Waals surface area contributed by atoms with Gasteiger partial charge in [-0.3, -0.25) is 9.88 Å². The molecule has 0 aliphatic carbocycles. The number of nitrogens with zero attached hydrogens (tertiary/aromatic N) is 3. The summed E-state index contributed by atoms with van der Waals surface area (Å²) >= 11 is 0. The molecule has 1 fully saturated rings. The maximum absolute atomic E-state index is 14.1. The standard InChI is InChI=1S/C20H25FN4O/c1-24-6-8-25(9-7-24)13-14-2-5-19(23-12-14)16-3-4-18(21)17-10-15(11-22)26-20(16)17/h2-5,12,15H,6-11,13,22H2,1H3/t15-/m1/s1. The fraction of sp³-hybridized carbons (Fsp3) is 0.450. The van der Waals surface area contributed by atoms with E-state index >= 15 is 0 Å². The minimum absolute atomic E-state index is 0.155. The van der Waals surface area contributed by atoms with E-state index < -0.39 is 0 Å². The highest BCUT2D eigenvalue weighted by molar-refractivity contribution is 5.70. The van der Waals surface area contributed by atoms with E-state index in [-0.39, 0.29) is 11.9 Å². The maximum Gasteiger partial charge on any atom is 0.135 e. The molecule has 2 aromatic rings. The van der Waals surface area contributed by atoms with Crippen LogP contribution in [0, 0.1) is 5.82 Å². The molecule has 2 aliphatic heterocycles. The molecule has 4 rings (SSSR count). The van der Waals surface area contributed by atoms with Crippen LogP contribution in [-0.2, 0) is 13.0 Å². The second-order valence-electron chi connectivity index (χ2n) is 7.21. The van der Waals surface area contributed by atoms with Gasteiger partial charge in [-0.05, 0) is 30.8 Å². The van der Waals surface area contributed by atoms with Crippen LogP contribution in [0.3, 0.4) is 0 Å². The lowest BCUT2D eigenvalue weighted by Crippen LogP contribution is -2.43. The van der Waals surface area contributed by atoms with Crippen LogP contribution in [0.15, 0.2) is 30.5 Å². The molecule has 138 valence electrons. The zero-order chi connectivity index (χ0) is 18.1. The number of rotatable bonds is 4. The molecule has 26 heavy (non-hydrogen) atoms. The highest BCUT2D eigenvalue weighted by atomic mass is 19.1. The summed E-state index contributed by atoms with van der Waals surface area (Å²) in [6, 6.07) is 7.34. The van der Waals surface area contributed by atoms with Gasteiger partial charge in [-0.1, -0.05) is 6.07 Å². The van der Waals surface area contributed by atoms with Gasteiger partial charge in [-0.2, -0.15) is 0 Å². The van der Waals surface area contributed by atoms with E-state index in [2.05, 4.69) is 27.9 Å². The average Bonchev–Trinajstić information content (AvgIpc) is 3.10. The van der Waals surface area contributed by atoms with Gasteiger partial charge in [-0.15, -0.1) is 0 Å². The third-order valence-corrected chi connectivity index (χ3v) is 5.29. The Kier molecular flexibility index (Phi) is 4.89. The molecule has 5 nitrogen and oxygen atoms in total. The molecule has 1 aromatic heterocycles. The summed E-state index contributed by atoms with van der Waals surface area (Å²) in [5, 5.41) is 0. The van der Waals surface area contributed by atoms with Crippen LogP contribution in [0.1, 0.15) is 11.1 Å². The Hall–Kier alpha value is -2.02. The predicted molar refractivity (Wildman–Crippen MR) is 99.6 cm³/mol. The average molecular weight is 356 g/mol. The van der Waals surface area contributed by atoms with Crippen molar-refractivity contribution in [2.24, 2.45) is 5.73 Å². The Morgan fingerprint density at radius 3 is 2.69 bits per heavy atom. The van der Waals surface area contributed by atoms with Crippen LogP contribution in [0.2, 0.25) is 0 Å². The summed E-state index contributed by atoms with van der Waals surface area (Å²) in [6.07, 6.45) is 2.28. The second kappa shape index (κ2) is 7.31. The number of nitrogens with two attached hydrogens (primary N) is 1. The van der Waals surface area contributed by atoms with Crippen LogP contribution in [0.25, 0.3) is 11.3 Å². The fourth-order valence-electron chi connectivity index (χ4n) is 3.64. The highest BCUT2D eigenvalue weighted by Crippen LogP contribution is 2.39. The van der Waals surface area contributed by atoms with Gasteiger partial charge < -0.3 is 15.4 Å².